The first-order chi connectivity index (χ1) is 16.5. The number of rotatable bonds is 9. The van der Waals surface area contributed by atoms with Crippen LogP contribution in [0.2, 0.25) is 0 Å². The molecule has 1 N–H and O–H groups in total. The molecule has 4 aromatic rings. The van der Waals surface area contributed by atoms with Gasteiger partial charge in [-0.1, -0.05) is 45.9 Å². The van der Waals surface area contributed by atoms with Crippen LogP contribution in [0, 0.1) is 0 Å². The van der Waals surface area contributed by atoms with E-state index in [0.29, 0.717) is 24.5 Å². The fourth-order valence-electron chi connectivity index (χ4n) is 3.51. The number of benzene rings is 2. The average molecular weight is 559 g/mol. The Hall–Kier alpha value is -2.62. The van der Waals surface area contributed by atoms with Crippen molar-refractivity contribution in [1.29, 1.82) is 0 Å². The number of thioether (sulfide) groups is 1. The Bertz CT molecular complexity index is 1290. The van der Waals surface area contributed by atoms with Crippen molar-refractivity contribution in [3.8, 4) is 22.6 Å². The van der Waals surface area contributed by atoms with E-state index in [4.69, 9.17) is 9.47 Å². The summed E-state index contributed by atoms with van der Waals surface area (Å²) in [5, 5.41) is 6.63. The molecule has 2 aromatic heterocycles. The summed E-state index contributed by atoms with van der Waals surface area (Å²) in [6.07, 6.45) is 2.26. The fraction of sp³-hybridized carbons (Fsp3) is 0.240. The molecule has 4 rings (SSSR count). The van der Waals surface area contributed by atoms with Gasteiger partial charge in [0.25, 0.3) is 0 Å². The summed E-state index contributed by atoms with van der Waals surface area (Å²) < 4.78 is 11.7. The number of halogens is 1. The normalized spacial score (nSPS) is 11.9. The molecule has 0 saturated carbocycles. The molecule has 1 amide bonds. The lowest BCUT2D eigenvalue weighted by Crippen LogP contribution is -2.32. The molecule has 34 heavy (non-hydrogen) atoms. The SMILES string of the molecule is COc1ccc(CCNC(=O)C(C)Sc2ncnc3scc(-c4ccc(Br)cc4)c23)cc1OC. The second-order valence-electron chi connectivity index (χ2n) is 7.51. The van der Waals surface area contributed by atoms with Crippen LogP contribution in [0.5, 0.6) is 11.5 Å². The number of thiophene rings is 1. The number of nitrogens with one attached hydrogen (secondary N) is 1. The van der Waals surface area contributed by atoms with Crippen molar-refractivity contribution in [3.63, 3.8) is 0 Å². The topological polar surface area (TPSA) is 73.3 Å². The zero-order valence-electron chi connectivity index (χ0n) is 19.0. The van der Waals surface area contributed by atoms with E-state index >= 15 is 0 Å². The molecule has 2 heterocycles. The summed E-state index contributed by atoms with van der Waals surface area (Å²) in [5.41, 5.74) is 3.24. The molecule has 1 atom stereocenters. The maximum atomic E-state index is 12.8. The first-order valence-electron chi connectivity index (χ1n) is 10.6. The first-order valence-corrected chi connectivity index (χ1v) is 13.2. The summed E-state index contributed by atoms with van der Waals surface area (Å²) in [6.45, 7) is 2.43. The van der Waals surface area contributed by atoms with E-state index in [0.717, 1.165) is 36.4 Å². The molecule has 1 unspecified atom stereocenters. The van der Waals surface area contributed by atoms with Crippen LogP contribution in [-0.2, 0) is 11.2 Å². The van der Waals surface area contributed by atoms with Gasteiger partial charge in [0.2, 0.25) is 5.91 Å². The van der Waals surface area contributed by atoms with Gasteiger partial charge in [-0.05, 0) is 48.7 Å². The molecule has 0 radical (unpaired) electrons. The molecule has 0 aliphatic carbocycles. The zero-order valence-corrected chi connectivity index (χ0v) is 22.2. The summed E-state index contributed by atoms with van der Waals surface area (Å²) in [4.78, 5) is 22.7. The standard InChI is InChI=1S/C25H24BrN3O3S2/c1-15(23(30)27-11-10-16-4-9-20(31-2)21(12-16)32-3)34-25-22-19(13-33-24(22)28-14-29-25)17-5-7-18(26)8-6-17/h4-9,12-15H,10-11H2,1-3H3,(H,27,30). The largest absolute Gasteiger partial charge is 0.493 e. The Morgan fingerprint density at radius 3 is 2.62 bits per heavy atom. The first kappa shape index (κ1) is 24.5. The summed E-state index contributed by atoms with van der Waals surface area (Å²) in [6, 6.07) is 14.0. The summed E-state index contributed by atoms with van der Waals surface area (Å²) in [5.74, 6) is 1.34. The predicted molar refractivity (Wildman–Crippen MR) is 142 cm³/mol. The molecule has 0 bridgehead atoms. The van der Waals surface area contributed by atoms with Gasteiger partial charge in [-0.3, -0.25) is 4.79 Å². The van der Waals surface area contributed by atoms with Crippen LogP contribution in [0.15, 0.2) is 63.7 Å². The van der Waals surface area contributed by atoms with Gasteiger partial charge < -0.3 is 14.8 Å². The van der Waals surface area contributed by atoms with Gasteiger partial charge >= 0.3 is 0 Å². The number of methoxy groups -OCH3 is 2. The van der Waals surface area contributed by atoms with Crippen LogP contribution in [0.1, 0.15) is 12.5 Å². The number of carbonyl (C=O) groups is 1. The third-order valence-electron chi connectivity index (χ3n) is 5.31. The van der Waals surface area contributed by atoms with Crippen LogP contribution >= 0.6 is 39.0 Å². The van der Waals surface area contributed by atoms with E-state index in [2.05, 4.69) is 48.7 Å². The number of ether oxygens (including phenoxy) is 2. The minimum absolute atomic E-state index is 0.0299. The van der Waals surface area contributed by atoms with Crippen LogP contribution in [0.3, 0.4) is 0 Å². The molecule has 0 aliphatic heterocycles. The molecular weight excluding hydrogens is 534 g/mol. The number of hydrogen-bond donors (Lipinski definition) is 1. The number of hydrogen-bond acceptors (Lipinski definition) is 7. The lowest BCUT2D eigenvalue weighted by atomic mass is 10.1. The molecule has 0 spiro atoms. The number of amides is 1. The van der Waals surface area contributed by atoms with Gasteiger partial charge in [-0.25, -0.2) is 9.97 Å². The van der Waals surface area contributed by atoms with E-state index < -0.39 is 0 Å². The highest BCUT2D eigenvalue weighted by molar-refractivity contribution is 9.10. The van der Waals surface area contributed by atoms with Crippen molar-refractivity contribution in [1.82, 2.24) is 15.3 Å². The van der Waals surface area contributed by atoms with Gasteiger partial charge in [-0.15, -0.1) is 11.3 Å². The Kier molecular flexibility index (Phi) is 8.07. The van der Waals surface area contributed by atoms with E-state index in [1.165, 1.54) is 11.8 Å². The Balaban J connectivity index is 1.43. The molecule has 0 aliphatic rings. The van der Waals surface area contributed by atoms with Crippen LogP contribution in [-0.4, -0.2) is 41.9 Å². The predicted octanol–water partition coefficient (Wildman–Crippen LogP) is 5.98. The monoisotopic (exact) mass is 557 g/mol. The van der Waals surface area contributed by atoms with E-state index in [1.807, 2.05) is 37.3 Å². The summed E-state index contributed by atoms with van der Waals surface area (Å²) in [7, 11) is 3.22. The van der Waals surface area contributed by atoms with E-state index in [-0.39, 0.29) is 11.2 Å². The minimum atomic E-state index is -0.304. The molecule has 0 saturated heterocycles. The smallest absolute Gasteiger partial charge is 0.233 e. The van der Waals surface area contributed by atoms with Crippen molar-refractivity contribution in [2.24, 2.45) is 0 Å². The second-order valence-corrected chi connectivity index (χ2v) is 10.6. The fourth-order valence-corrected chi connectivity index (χ4v) is 5.71. The van der Waals surface area contributed by atoms with E-state index in [1.54, 1.807) is 31.9 Å². The maximum Gasteiger partial charge on any atom is 0.233 e. The van der Waals surface area contributed by atoms with Crippen molar-refractivity contribution >= 4 is 55.2 Å². The maximum absolute atomic E-state index is 12.8. The van der Waals surface area contributed by atoms with E-state index in [9.17, 15) is 4.79 Å². The molecule has 6 nitrogen and oxygen atoms in total. The Labute approximate surface area is 215 Å². The molecule has 0 fully saturated rings. The highest BCUT2D eigenvalue weighted by Gasteiger charge is 2.19. The quantitative estimate of drug-likeness (QED) is 0.201. The highest BCUT2D eigenvalue weighted by Crippen LogP contribution is 2.39. The summed E-state index contributed by atoms with van der Waals surface area (Å²) >= 11 is 6.52. The van der Waals surface area contributed by atoms with Gasteiger partial charge in [0, 0.05) is 22.0 Å². The lowest BCUT2D eigenvalue weighted by Gasteiger charge is -2.13. The number of carbonyl (C=O) groups excluding carboxylic acids is 1. The molecule has 9 heteroatoms. The van der Waals surface area contributed by atoms with Crippen molar-refractivity contribution in [2.45, 2.75) is 23.6 Å². The highest BCUT2D eigenvalue weighted by atomic mass is 79.9. The molecule has 2 aromatic carbocycles. The second kappa shape index (κ2) is 11.2. The number of nitrogens with zero attached hydrogens (tertiary/aromatic N) is 2. The number of fused-ring (bicyclic) bond motifs is 1. The van der Waals surface area contributed by atoms with Crippen molar-refractivity contribution in [3.05, 3.63) is 64.2 Å². The van der Waals surface area contributed by atoms with Gasteiger partial charge in [0.1, 0.15) is 16.2 Å². The Morgan fingerprint density at radius 1 is 1.12 bits per heavy atom. The van der Waals surface area contributed by atoms with Gasteiger partial charge in [0.15, 0.2) is 11.5 Å². The van der Waals surface area contributed by atoms with Crippen LogP contribution in [0.25, 0.3) is 21.3 Å². The van der Waals surface area contributed by atoms with Crippen LogP contribution in [0.4, 0.5) is 0 Å². The third kappa shape index (κ3) is 5.54. The van der Waals surface area contributed by atoms with Crippen LogP contribution < -0.4 is 14.8 Å². The van der Waals surface area contributed by atoms with Gasteiger partial charge in [-0.2, -0.15) is 0 Å². The third-order valence-corrected chi connectivity index (χ3v) is 7.82. The minimum Gasteiger partial charge on any atom is -0.493 e. The average Bonchev–Trinajstić information content (AvgIpc) is 3.29. The van der Waals surface area contributed by atoms with Crippen molar-refractivity contribution < 1.29 is 14.3 Å². The zero-order chi connectivity index (χ0) is 24.1. The Morgan fingerprint density at radius 2 is 1.88 bits per heavy atom. The van der Waals surface area contributed by atoms with Gasteiger partial charge in [0.05, 0.1) is 24.9 Å². The molecular formula is C25H24BrN3O3S2. The lowest BCUT2D eigenvalue weighted by molar-refractivity contribution is -0.120. The van der Waals surface area contributed by atoms with Crippen molar-refractivity contribution in [2.75, 3.05) is 20.8 Å². The number of aromatic nitrogens is 2. The molecule has 176 valence electrons.